The fraction of sp³-hybridized carbons (Fsp3) is 0.385. The van der Waals surface area contributed by atoms with E-state index in [1.165, 1.54) is 25.1 Å². The zero-order valence-electron chi connectivity index (χ0n) is 11.0. The second kappa shape index (κ2) is 6.52. The van der Waals surface area contributed by atoms with Gasteiger partial charge < -0.3 is 10.6 Å². The van der Waals surface area contributed by atoms with E-state index >= 15 is 0 Å². The topological polar surface area (TPSA) is 58.2 Å². The molecule has 2 amide bonds. The predicted octanol–water partition coefficient (Wildman–Crippen LogP) is 2.58. The Labute approximate surface area is 116 Å². The van der Waals surface area contributed by atoms with Crippen molar-refractivity contribution >= 4 is 29.1 Å². The molecule has 1 aromatic rings. The molecule has 0 heterocycles. The lowest BCUT2D eigenvalue weighted by Gasteiger charge is -2.21. The van der Waals surface area contributed by atoms with E-state index < -0.39 is 11.9 Å². The lowest BCUT2D eigenvalue weighted by Crippen LogP contribution is -2.46. The number of hydrogen-bond acceptors (Lipinski definition) is 2. The summed E-state index contributed by atoms with van der Waals surface area (Å²) in [6, 6.07) is 3.24. The molecule has 1 rings (SSSR count). The van der Waals surface area contributed by atoms with E-state index in [0.29, 0.717) is 5.69 Å². The highest BCUT2D eigenvalue weighted by Crippen LogP contribution is 2.19. The molecule has 0 radical (unpaired) electrons. The van der Waals surface area contributed by atoms with Crippen molar-refractivity contribution in [3.05, 3.63) is 29.0 Å². The molecule has 19 heavy (non-hydrogen) atoms. The minimum absolute atomic E-state index is 0.0696. The van der Waals surface area contributed by atoms with Crippen LogP contribution >= 0.6 is 11.6 Å². The number of hydrogen-bond donors (Lipinski definition) is 2. The minimum Gasteiger partial charge on any atom is -0.344 e. The van der Waals surface area contributed by atoms with Gasteiger partial charge in [-0.1, -0.05) is 25.4 Å². The summed E-state index contributed by atoms with van der Waals surface area (Å²) in [6.07, 6.45) is 0. The van der Waals surface area contributed by atoms with Crippen LogP contribution in [-0.4, -0.2) is 17.9 Å². The third kappa shape index (κ3) is 4.52. The van der Waals surface area contributed by atoms with Crippen molar-refractivity contribution in [2.24, 2.45) is 5.92 Å². The van der Waals surface area contributed by atoms with Gasteiger partial charge in [-0.25, -0.2) is 4.39 Å². The first-order valence-electron chi connectivity index (χ1n) is 5.84. The highest BCUT2D eigenvalue weighted by molar-refractivity contribution is 6.31. The SMILES string of the molecule is CC(=O)N[C@@H](C(=O)Nc1ccc(F)c(Cl)c1)C(C)C. The van der Waals surface area contributed by atoms with Gasteiger partial charge in [-0.15, -0.1) is 0 Å². The van der Waals surface area contributed by atoms with E-state index in [1.54, 1.807) is 0 Å². The van der Waals surface area contributed by atoms with E-state index in [4.69, 9.17) is 11.6 Å². The van der Waals surface area contributed by atoms with Gasteiger partial charge in [0, 0.05) is 12.6 Å². The Bertz CT molecular complexity index is 492. The molecule has 0 aliphatic carbocycles. The maximum Gasteiger partial charge on any atom is 0.247 e. The fourth-order valence-corrected chi connectivity index (χ4v) is 1.73. The Kier molecular flexibility index (Phi) is 5.30. The number of amides is 2. The number of carbonyl (C=O) groups excluding carboxylic acids is 2. The van der Waals surface area contributed by atoms with Crippen LogP contribution in [0.4, 0.5) is 10.1 Å². The van der Waals surface area contributed by atoms with Gasteiger partial charge in [-0.2, -0.15) is 0 Å². The Morgan fingerprint density at radius 1 is 1.32 bits per heavy atom. The van der Waals surface area contributed by atoms with Crippen molar-refractivity contribution in [3.63, 3.8) is 0 Å². The first-order valence-corrected chi connectivity index (χ1v) is 6.22. The van der Waals surface area contributed by atoms with Crippen LogP contribution in [0.1, 0.15) is 20.8 Å². The lowest BCUT2D eigenvalue weighted by molar-refractivity contribution is -0.126. The van der Waals surface area contributed by atoms with Crippen molar-refractivity contribution in [1.29, 1.82) is 0 Å². The molecule has 1 aromatic carbocycles. The molecule has 0 spiro atoms. The Hall–Kier alpha value is -1.62. The largest absolute Gasteiger partial charge is 0.344 e. The van der Waals surface area contributed by atoms with Gasteiger partial charge in [0.15, 0.2) is 0 Å². The maximum atomic E-state index is 13.0. The molecule has 104 valence electrons. The van der Waals surface area contributed by atoms with Crippen LogP contribution in [0.3, 0.4) is 0 Å². The second-order valence-electron chi connectivity index (χ2n) is 4.54. The summed E-state index contributed by atoms with van der Waals surface area (Å²) in [6.45, 7) is 4.98. The molecular weight excluding hydrogens is 271 g/mol. The van der Waals surface area contributed by atoms with Gasteiger partial charge >= 0.3 is 0 Å². The highest BCUT2D eigenvalue weighted by Gasteiger charge is 2.23. The van der Waals surface area contributed by atoms with E-state index in [9.17, 15) is 14.0 Å². The van der Waals surface area contributed by atoms with Crippen molar-refractivity contribution in [2.75, 3.05) is 5.32 Å². The van der Waals surface area contributed by atoms with Crippen LogP contribution < -0.4 is 10.6 Å². The van der Waals surface area contributed by atoms with Crippen LogP contribution in [0.5, 0.6) is 0 Å². The van der Waals surface area contributed by atoms with Crippen molar-refractivity contribution in [1.82, 2.24) is 5.32 Å². The zero-order chi connectivity index (χ0) is 14.6. The molecule has 2 N–H and O–H groups in total. The number of nitrogens with one attached hydrogen (secondary N) is 2. The van der Waals surface area contributed by atoms with Gasteiger partial charge in [0.2, 0.25) is 11.8 Å². The van der Waals surface area contributed by atoms with Gasteiger partial charge in [-0.05, 0) is 24.1 Å². The smallest absolute Gasteiger partial charge is 0.247 e. The molecule has 0 fully saturated rings. The Morgan fingerprint density at radius 2 is 1.95 bits per heavy atom. The molecule has 4 nitrogen and oxygen atoms in total. The molecule has 0 aliphatic rings. The van der Waals surface area contributed by atoms with Crippen molar-refractivity contribution in [3.8, 4) is 0 Å². The van der Waals surface area contributed by atoms with Gasteiger partial charge in [0.05, 0.1) is 5.02 Å². The van der Waals surface area contributed by atoms with E-state index in [1.807, 2.05) is 13.8 Å². The van der Waals surface area contributed by atoms with Gasteiger partial charge in [0.25, 0.3) is 0 Å². The van der Waals surface area contributed by atoms with Crippen LogP contribution in [0, 0.1) is 11.7 Å². The molecule has 0 aliphatic heterocycles. The summed E-state index contributed by atoms with van der Waals surface area (Å²) in [5, 5.41) is 5.09. The maximum absolute atomic E-state index is 13.0. The summed E-state index contributed by atoms with van der Waals surface area (Å²) in [5.41, 5.74) is 0.382. The Morgan fingerprint density at radius 3 is 2.42 bits per heavy atom. The van der Waals surface area contributed by atoms with E-state index in [-0.39, 0.29) is 22.8 Å². The van der Waals surface area contributed by atoms with Crippen LogP contribution in [0.15, 0.2) is 18.2 Å². The fourth-order valence-electron chi connectivity index (χ4n) is 1.55. The Balaban J connectivity index is 2.81. The third-order valence-electron chi connectivity index (χ3n) is 2.50. The second-order valence-corrected chi connectivity index (χ2v) is 4.95. The summed E-state index contributed by atoms with van der Waals surface area (Å²) in [4.78, 5) is 23.1. The monoisotopic (exact) mass is 286 g/mol. The molecule has 0 unspecified atom stereocenters. The molecule has 6 heteroatoms. The molecule has 0 aromatic heterocycles. The molecule has 0 saturated carbocycles. The summed E-state index contributed by atoms with van der Waals surface area (Å²) in [7, 11) is 0. The quantitative estimate of drug-likeness (QED) is 0.894. The summed E-state index contributed by atoms with van der Waals surface area (Å²) in [5.74, 6) is -1.28. The number of rotatable bonds is 4. The van der Waals surface area contributed by atoms with Crippen LogP contribution in [-0.2, 0) is 9.59 Å². The molecule has 0 bridgehead atoms. The predicted molar refractivity (Wildman–Crippen MR) is 72.5 cm³/mol. The number of anilines is 1. The lowest BCUT2D eigenvalue weighted by atomic mass is 10.0. The van der Waals surface area contributed by atoms with Gasteiger partial charge in [-0.3, -0.25) is 9.59 Å². The average Bonchev–Trinajstić information content (AvgIpc) is 2.30. The first kappa shape index (κ1) is 15.4. The highest BCUT2D eigenvalue weighted by atomic mass is 35.5. The van der Waals surface area contributed by atoms with Crippen LogP contribution in [0.2, 0.25) is 5.02 Å². The molecule has 0 saturated heterocycles. The van der Waals surface area contributed by atoms with E-state index in [2.05, 4.69) is 10.6 Å². The first-order chi connectivity index (χ1) is 8.81. The molecule has 1 atom stereocenters. The number of benzene rings is 1. The van der Waals surface area contributed by atoms with Crippen molar-refractivity contribution < 1.29 is 14.0 Å². The van der Waals surface area contributed by atoms with Crippen LogP contribution in [0.25, 0.3) is 0 Å². The minimum atomic E-state index is -0.652. The van der Waals surface area contributed by atoms with Crippen molar-refractivity contribution in [2.45, 2.75) is 26.8 Å². The number of carbonyl (C=O) groups is 2. The zero-order valence-corrected chi connectivity index (χ0v) is 11.7. The van der Waals surface area contributed by atoms with E-state index in [0.717, 1.165) is 0 Å². The molecular formula is C13H16ClFN2O2. The normalized spacial score (nSPS) is 12.1. The average molecular weight is 287 g/mol. The summed E-state index contributed by atoms with van der Waals surface area (Å²) < 4.78 is 13.0. The standard InChI is InChI=1S/C13H16ClFN2O2/c1-7(2)12(16-8(3)18)13(19)17-9-4-5-11(15)10(14)6-9/h4-7,12H,1-3H3,(H,16,18)(H,17,19)/t12-/m1/s1. The van der Waals surface area contributed by atoms with Gasteiger partial charge in [0.1, 0.15) is 11.9 Å². The number of halogens is 2. The summed E-state index contributed by atoms with van der Waals surface area (Å²) >= 11 is 5.63. The third-order valence-corrected chi connectivity index (χ3v) is 2.78.